The number of ether oxygens (including phenoxy) is 3. The molecule has 1 N–H and O–H groups in total. The molecule has 0 radical (unpaired) electrons. The molecule has 1 heterocycles. The molecule has 25 heavy (non-hydrogen) atoms. The monoisotopic (exact) mass is 362 g/mol. The molecule has 142 valence electrons. The number of nitrogens with one attached hydrogen (secondary N) is 1. The number of halogens is 3. The Morgan fingerprint density at radius 3 is 2.44 bits per heavy atom. The molecule has 1 unspecified atom stereocenters. The summed E-state index contributed by atoms with van der Waals surface area (Å²) in [5, 5.41) is 3.31. The molecule has 1 aliphatic rings. The molecule has 8 heteroatoms. The van der Waals surface area contributed by atoms with Crippen LogP contribution in [0.5, 0.6) is 17.2 Å². The summed E-state index contributed by atoms with van der Waals surface area (Å²) in [6, 6.07) is 3.69. The first kappa shape index (κ1) is 19.7. The van der Waals surface area contributed by atoms with Crippen molar-refractivity contribution in [2.24, 2.45) is 5.92 Å². The first-order valence-electron chi connectivity index (χ1n) is 8.15. The second kappa shape index (κ2) is 8.62. The number of likely N-dealkylation sites (tertiary alicyclic amines) is 1. The highest BCUT2D eigenvalue weighted by molar-refractivity contribution is 5.55. The van der Waals surface area contributed by atoms with Crippen molar-refractivity contribution in [1.82, 2.24) is 10.2 Å². The first-order chi connectivity index (χ1) is 11.9. The molecular formula is C17H25F3N2O3. The maximum atomic E-state index is 12.4. The van der Waals surface area contributed by atoms with Crippen LogP contribution in [0.1, 0.15) is 12.0 Å². The van der Waals surface area contributed by atoms with Crippen LogP contribution in [0, 0.1) is 5.92 Å². The van der Waals surface area contributed by atoms with Crippen LogP contribution in [-0.4, -0.2) is 58.6 Å². The van der Waals surface area contributed by atoms with E-state index in [1.165, 1.54) is 4.90 Å². The topological polar surface area (TPSA) is 43.0 Å². The zero-order valence-electron chi connectivity index (χ0n) is 14.8. The minimum Gasteiger partial charge on any atom is -0.493 e. The summed E-state index contributed by atoms with van der Waals surface area (Å²) in [7, 11) is 4.67. The summed E-state index contributed by atoms with van der Waals surface area (Å²) in [6.45, 7) is 1.33. The van der Waals surface area contributed by atoms with Gasteiger partial charge in [-0.25, -0.2) is 0 Å². The molecule has 0 spiro atoms. The quantitative estimate of drug-likeness (QED) is 0.770. The summed E-state index contributed by atoms with van der Waals surface area (Å²) in [5.41, 5.74) is 0.908. The van der Waals surface area contributed by atoms with Gasteiger partial charge in [0.1, 0.15) is 0 Å². The lowest BCUT2D eigenvalue weighted by molar-refractivity contribution is -0.143. The van der Waals surface area contributed by atoms with Gasteiger partial charge in [-0.1, -0.05) is 6.07 Å². The molecule has 0 aliphatic carbocycles. The van der Waals surface area contributed by atoms with E-state index in [1.54, 1.807) is 27.4 Å². The number of hydrogen-bond donors (Lipinski definition) is 1. The molecular weight excluding hydrogens is 337 g/mol. The van der Waals surface area contributed by atoms with E-state index in [1.807, 2.05) is 6.07 Å². The Bertz CT molecular complexity index is 567. The van der Waals surface area contributed by atoms with Gasteiger partial charge in [0.25, 0.3) is 0 Å². The van der Waals surface area contributed by atoms with Gasteiger partial charge in [0.15, 0.2) is 11.5 Å². The van der Waals surface area contributed by atoms with Crippen LogP contribution in [0.2, 0.25) is 0 Å². The predicted molar refractivity (Wildman–Crippen MR) is 88.4 cm³/mol. The van der Waals surface area contributed by atoms with Crippen LogP contribution in [0.15, 0.2) is 12.1 Å². The van der Waals surface area contributed by atoms with Crippen molar-refractivity contribution in [1.29, 1.82) is 0 Å². The van der Waals surface area contributed by atoms with E-state index >= 15 is 0 Å². The SMILES string of the molecule is COc1ccc(CNCC2CCN(CC(F)(F)F)C2)c(OC)c1OC. The van der Waals surface area contributed by atoms with Crippen molar-refractivity contribution in [3.63, 3.8) is 0 Å². The minimum absolute atomic E-state index is 0.216. The molecule has 1 fully saturated rings. The highest BCUT2D eigenvalue weighted by Gasteiger charge is 2.34. The van der Waals surface area contributed by atoms with E-state index in [4.69, 9.17) is 14.2 Å². The van der Waals surface area contributed by atoms with Crippen LogP contribution < -0.4 is 19.5 Å². The van der Waals surface area contributed by atoms with Gasteiger partial charge in [-0.15, -0.1) is 0 Å². The number of benzene rings is 1. The van der Waals surface area contributed by atoms with Gasteiger partial charge in [0.05, 0.1) is 27.9 Å². The summed E-state index contributed by atoms with van der Waals surface area (Å²) in [6.07, 6.45) is -3.36. The fourth-order valence-electron chi connectivity index (χ4n) is 3.19. The number of methoxy groups -OCH3 is 3. The Kier molecular flexibility index (Phi) is 6.78. The molecule has 0 bridgehead atoms. The Morgan fingerprint density at radius 1 is 1.12 bits per heavy atom. The largest absolute Gasteiger partial charge is 0.493 e. The third kappa shape index (κ3) is 5.40. The smallest absolute Gasteiger partial charge is 0.401 e. The third-order valence-electron chi connectivity index (χ3n) is 4.31. The van der Waals surface area contributed by atoms with Crippen molar-refractivity contribution in [3.8, 4) is 17.2 Å². The molecule has 2 rings (SSSR count). The normalized spacial score (nSPS) is 18.4. The van der Waals surface area contributed by atoms with Gasteiger partial charge in [0.2, 0.25) is 5.75 Å². The van der Waals surface area contributed by atoms with E-state index in [0.29, 0.717) is 43.4 Å². The Balaban J connectivity index is 1.88. The van der Waals surface area contributed by atoms with Crippen LogP contribution in [0.25, 0.3) is 0 Å². The van der Waals surface area contributed by atoms with Crippen LogP contribution in [0.4, 0.5) is 13.2 Å². The lowest BCUT2D eigenvalue weighted by atomic mass is 10.1. The lowest BCUT2D eigenvalue weighted by Gasteiger charge is -2.18. The van der Waals surface area contributed by atoms with Gasteiger partial charge in [-0.05, 0) is 31.5 Å². The van der Waals surface area contributed by atoms with E-state index < -0.39 is 12.7 Å². The molecule has 0 aromatic heterocycles. The molecule has 1 aromatic rings. The summed E-state index contributed by atoms with van der Waals surface area (Å²) in [4.78, 5) is 1.46. The van der Waals surface area contributed by atoms with Gasteiger partial charge >= 0.3 is 6.18 Å². The van der Waals surface area contributed by atoms with Gasteiger partial charge in [-0.3, -0.25) is 4.90 Å². The number of nitrogens with zero attached hydrogens (tertiary/aromatic N) is 1. The highest BCUT2D eigenvalue weighted by Crippen LogP contribution is 2.39. The summed E-state index contributed by atoms with van der Waals surface area (Å²) >= 11 is 0. The first-order valence-corrected chi connectivity index (χ1v) is 8.15. The molecule has 1 aromatic carbocycles. The summed E-state index contributed by atoms with van der Waals surface area (Å²) < 4.78 is 53.3. The molecule has 5 nitrogen and oxygen atoms in total. The van der Waals surface area contributed by atoms with Crippen molar-refractivity contribution in [2.75, 3.05) is 47.5 Å². The van der Waals surface area contributed by atoms with Crippen LogP contribution >= 0.6 is 0 Å². The van der Waals surface area contributed by atoms with Crippen LogP contribution in [0.3, 0.4) is 0 Å². The van der Waals surface area contributed by atoms with Crippen molar-refractivity contribution < 1.29 is 27.4 Å². The third-order valence-corrected chi connectivity index (χ3v) is 4.31. The van der Waals surface area contributed by atoms with Crippen LogP contribution in [-0.2, 0) is 6.54 Å². The molecule has 1 atom stereocenters. The van der Waals surface area contributed by atoms with Crippen molar-refractivity contribution in [2.45, 2.75) is 19.1 Å². The van der Waals surface area contributed by atoms with Gasteiger partial charge < -0.3 is 19.5 Å². The zero-order valence-corrected chi connectivity index (χ0v) is 14.8. The van der Waals surface area contributed by atoms with Crippen molar-refractivity contribution >= 4 is 0 Å². The standard InChI is InChI=1S/C17H25F3N2O3/c1-23-14-5-4-13(15(24-2)16(14)25-3)9-21-8-12-6-7-22(10-12)11-17(18,19)20/h4-5,12,21H,6-11H2,1-3H3. The second-order valence-corrected chi connectivity index (χ2v) is 6.13. The molecule has 1 saturated heterocycles. The van der Waals surface area contributed by atoms with E-state index in [9.17, 15) is 13.2 Å². The number of hydrogen-bond acceptors (Lipinski definition) is 5. The molecule has 0 saturated carbocycles. The maximum Gasteiger partial charge on any atom is 0.401 e. The number of alkyl halides is 3. The Hall–Kier alpha value is -1.67. The zero-order chi connectivity index (χ0) is 18.4. The average Bonchev–Trinajstić information content (AvgIpc) is 2.99. The average molecular weight is 362 g/mol. The van der Waals surface area contributed by atoms with E-state index in [2.05, 4.69) is 5.32 Å². The Morgan fingerprint density at radius 2 is 1.84 bits per heavy atom. The van der Waals surface area contributed by atoms with Crippen molar-refractivity contribution in [3.05, 3.63) is 17.7 Å². The fraction of sp³-hybridized carbons (Fsp3) is 0.647. The fourth-order valence-corrected chi connectivity index (χ4v) is 3.19. The summed E-state index contributed by atoms with van der Waals surface area (Å²) in [5.74, 6) is 1.93. The molecule has 1 aliphatic heterocycles. The number of rotatable bonds is 8. The highest BCUT2D eigenvalue weighted by atomic mass is 19.4. The molecule has 0 amide bonds. The van der Waals surface area contributed by atoms with E-state index in [-0.39, 0.29) is 5.92 Å². The lowest BCUT2D eigenvalue weighted by Crippen LogP contribution is -2.33. The van der Waals surface area contributed by atoms with Gasteiger partial charge in [-0.2, -0.15) is 13.2 Å². The van der Waals surface area contributed by atoms with E-state index in [0.717, 1.165) is 12.0 Å². The maximum absolute atomic E-state index is 12.4. The minimum atomic E-state index is -4.13. The Labute approximate surface area is 146 Å². The predicted octanol–water partition coefficient (Wildman–Crippen LogP) is 2.69. The second-order valence-electron chi connectivity index (χ2n) is 6.13. The van der Waals surface area contributed by atoms with Gasteiger partial charge in [0, 0.05) is 18.7 Å².